The van der Waals surface area contributed by atoms with Gasteiger partial charge in [-0.3, -0.25) is 4.79 Å². The van der Waals surface area contributed by atoms with Crippen LogP contribution in [0.15, 0.2) is 22.7 Å². The Balaban J connectivity index is 1.38. The Bertz CT molecular complexity index is 899. The van der Waals surface area contributed by atoms with Crippen molar-refractivity contribution >= 4 is 11.9 Å². The monoisotopic (exact) mass is 468 g/mol. The van der Waals surface area contributed by atoms with E-state index in [0.717, 1.165) is 31.2 Å². The minimum atomic E-state index is -2.73. The number of aryl methyl sites for hydroxylation is 1. The maximum Gasteiger partial charge on any atom is 0.324 e. The van der Waals surface area contributed by atoms with Crippen molar-refractivity contribution in [3.05, 3.63) is 35.2 Å². The number of piperidine rings is 1. The molecule has 9 nitrogen and oxygen atoms in total. The zero-order valence-electron chi connectivity index (χ0n) is 18.5. The van der Waals surface area contributed by atoms with Crippen molar-refractivity contribution in [2.45, 2.75) is 45.1 Å². The largest absolute Gasteiger partial charge is 0.494 e. The fourth-order valence-corrected chi connectivity index (χ4v) is 3.81. The molecule has 3 N–H and O–H groups in total. The summed E-state index contributed by atoms with van der Waals surface area (Å²) < 4.78 is 36.0. The number of carbonyl (C=O) groups is 1. The second-order valence-corrected chi connectivity index (χ2v) is 8.17. The first kappa shape index (κ1) is 24.8. The van der Waals surface area contributed by atoms with E-state index in [9.17, 15) is 13.6 Å². The summed E-state index contributed by atoms with van der Waals surface area (Å²) in [6, 6.07) is 4.65. The van der Waals surface area contributed by atoms with Crippen LogP contribution in [0.4, 0.5) is 14.8 Å². The van der Waals surface area contributed by atoms with Gasteiger partial charge in [-0.15, -0.1) is 0 Å². The van der Waals surface area contributed by atoms with Gasteiger partial charge in [0.05, 0.1) is 25.9 Å². The van der Waals surface area contributed by atoms with Gasteiger partial charge in [0.1, 0.15) is 5.75 Å². The molecule has 0 aliphatic carbocycles. The maximum absolute atomic E-state index is 12.6. The number of aliphatic hydroxyl groups is 2. The molecule has 1 aliphatic rings. The van der Waals surface area contributed by atoms with Crippen LogP contribution in [0.25, 0.3) is 0 Å². The Kier molecular flexibility index (Phi) is 8.95. The Morgan fingerprint density at radius 1 is 1.30 bits per heavy atom. The van der Waals surface area contributed by atoms with Gasteiger partial charge in [-0.1, -0.05) is 5.16 Å². The van der Waals surface area contributed by atoms with E-state index in [-0.39, 0.29) is 25.1 Å². The van der Waals surface area contributed by atoms with Crippen molar-refractivity contribution in [3.63, 3.8) is 0 Å². The van der Waals surface area contributed by atoms with E-state index in [1.807, 2.05) is 4.90 Å². The highest BCUT2D eigenvalue weighted by Crippen LogP contribution is 2.27. The first-order chi connectivity index (χ1) is 15.9. The Hall–Kier alpha value is -2.79. The fourth-order valence-electron chi connectivity index (χ4n) is 3.81. The molecule has 1 aliphatic heterocycles. The molecule has 0 bridgehead atoms. The molecule has 2 heterocycles. The predicted molar refractivity (Wildman–Crippen MR) is 116 cm³/mol. The third-order valence-corrected chi connectivity index (χ3v) is 5.76. The Labute approximate surface area is 190 Å². The standard InChI is InChI=1S/C22H30F2N4O5/c1-14-11-17(4-5-18(14)21(31)25-16(12-29)13-30)32-10-2-3-15-6-8-28(9-7-15)22-26-20(19(23)24)27-33-22/h4-5,11,15-16,19,29-30H,2-3,6-10,12-13H2,1H3,(H,25,31). The average molecular weight is 469 g/mol. The van der Waals surface area contributed by atoms with Crippen LogP contribution in [-0.4, -0.2) is 65.2 Å². The molecule has 11 heteroatoms. The molecule has 0 radical (unpaired) electrons. The number of halogens is 2. The topological polar surface area (TPSA) is 121 Å². The van der Waals surface area contributed by atoms with Crippen LogP contribution in [0, 0.1) is 12.8 Å². The van der Waals surface area contributed by atoms with E-state index in [2.05, 4.69) is 15.5 Å². The number of rotatable bonds is 11. The van der Waals surface area contributed by atoms with Gasteiger partial charge in [0, 0.05) is 18.7 Å². The highest BCUT2D eigenvalue weighted by molar-refractivity contribution is 5.96. The van der Waals surface area contributed by atoms with Gasteiger partial charge in [0.25, 0.3) is 5.91 Å². The molecule has 0 spiro atoms. The lowest BCUT2D eigenvalue weighted by atomic mass is 9.92. The summed E-state index contributed by atoms with van der Waals surface area (Å²) in [6.07, 6.45) is 0.956. The summed E-state index contributed by atoms with van der Waals surface area (Å²) in [5.74, 6) is 0.254. The van der Waals surface area contributed by atoms with Crippen LogP contribution < -0.4 is 15.0 Å². The van der Waals surface area contributed by atoms with E-state index in [0.29, 0.717) is 36.9 Å². The molecule has 3 rings (SSSR count). The highest BCUT2D eigenvalue weighted by Gasteiger charge is 2.24. The van der Waals surface area contributed by atoms with Gasteiger partial charge in [-0.25, -0.2) is 8.78 Å². The van der Waals surface area contributed by atoms with Crippen molar-refractivity contribution in [1.82, 2.24) is 15.5 Å². The molecule has 2 aromatic rings. The number of carbonyl (C=O) groups excluding carboxylic acids is 1. The van der Waals surface area contributed by atoms with E-state index in [4.69, 9.17) is 19.5 Å². The van der Waals surface area contributed by atoms with Crippen molar-refractivity contribution < 1.29 is 33.0 Å². The van der Waals surface area contributed by atoms with Crippen molar-refractivity contribution in [1.29, 1.82) is 0 Å². The third-order valence-electron chi connectivity index (χ3n) is 5.76. The Morgan fingerprint density at radius 2 is 2.03 bits per heavy atom. The van der Waals surface area contributed by atoms with Crippen LogP contribution in [0.5, 0.6) is 5.75 Å². The lowest BCUT2D eigenvalue weighted by Gasteiger charge is -2.30. The number of nitrogens with one attached hydrogen (secondary N) is 1. The second kappa shape index (κ2) is 11.9. The molecule has 33 heavy (non-hydrogen) atoms. The summed E-state index contributed by atoms with van der Waals surface area (Å²) in [6.45, 7) is 3.05. The van der Waals surface area contributed by atoms with Gasteiger partial charge in [0.15, 0.2) is 0 Å². The van der Waals surface area contributed by atoms with Crippen LogP contribution in [0.1, 0.15) is 53.9 Å². The SMILES string of the molecule is Cc1cc(OCCCC2CCN(c3nc(C(F)F)no3)CC2)ccc1C(=O)NC(CO)CO. The number of aromatic nitrogens is 2. The number of ether oxygens (including phenoxy) is 1. The quantitative estimate of drug-likeness (QED) is 0.430. The molecule has 0 unspecified atom stereocenters. The van der Waals surface area contributed by atoms with Crippen molar-refractivity contribution in [3.8, 4) is 5.75 Å². The number of alkyl halides is 2. The smallest absolute Gasteiger partial charge is 0.324 e. The molecule has 0 atom stereocenters. The molecule has 182 valence electrons. The molecular formula is C22H30F2N4O5. The molecule has 1 aromatic carbocycles. The van der Waals surface area contributed by atoms with E-state index in [1.165, 1.54) is 0 Å². The minimum Gasteiger partial charge on any atom is -0.494 e. The molecular weight excluding hydrogens is 438 g/mol. The van der Waals surface area contributed by atoms with Gasteiger partial charge in [0.2, 0.25) is 5.82 Å². The van der Waals surface area contributed by atoms with Gasteiger partial charge in [-0.2, -0.15) is 4.98 Å². The summed E-state index contributed by atoms with van der Waals surface area (Å²) in [5.41, 5.74) is 1.20. The van der Waals surface area contributed by atoms with Crippen molar-refractivity contribution in [2.24, 2.45) is 5.92 Å². The molecule has 1 saturated heterocycles. The molecule has 1 fully saturated rings. The number of benzene rings is 1. The zero-order chi connectivity index (χ0) is 23.8. The average Bonchev–Trinajstić information content (AvgIpc) is 3.31. The molecule has 1 aromatic heterocycles. The van der Waals surface area contributed by atoms with E-state index >= 15 is 0 Å². The van der Waals surface area contributed by atoms with Gasteiger partial charge in [-0.05, 0) is 62.3 Å². The first-order valence-electron chi connectivity index (χ1n) is 11.0. The number of hydrogen-bond acceptors (Lipinski definition) is 8. The Morgan fingerprint density at radius 3 is 2.64 bits per heavy atom. The number of amides is 1. The summed E-state index contributed by atoms with van der Waals surface area (Å²) in [7, 11) is 0. The highest BCUT2D eigenvalue weighted by atomic mass is 19.3. The predicted octanol–water partition coefficient (Wildman–Crippen LogP) is 2.47. The fraction of sp³-hybridized carbons (Fsp3) is 0.591. The number of aliphatic hydroxyl groups excluding tert-OH is 2. The van der Waals surface area contributed by atoms with Crippen molar-refractivity contribution in [2.75, 3.05) is 37.8 Å². The lowest BCUT2D eigenvalue weighted by molar-refractivity contribution is 0.0878. The summed E-state index contributed by atoms with van der Waals surface area (Å²) in [4.78, 5) is 17.8. The van der Waals surface area contributed by atoms with Crippen LogP contribution in [0.2, 0.25) is 0 Å². The van der Waals surface area contributed by atoms with E-state index < -0.39 is 18.3 Å². The second-order valence-electron chi connectivity index (χ2n) is 8.17. The van der Waals surface area contributed by atoms with Crippen LogP contribution in [0.3, 0.4) is 0 Å². The zero-order valence-corrected chi connectivity index (χ0v) is 18.5. The third kappa shape index (κ3) is 6.84. The summed E-state index contributed by atoms with van der Waals surface area (Å²) in [5, 5.41) is 24.1. The molecule has 0 saturated carbocycles. The maximum atomic E-state index is 12.6. The normalized spacial score (nSPS) is 14.8. The van der Waals surface area contributed by atoms with Gasteiger partial charge >= 0.3 is 12.4 Å². The summed E-state index contributed by atoms with van der Waals surface area (Å²) >= 11 is 0. The van der Waals surface area contributed by atoms with Crippen LogP contribution in [-0.2, 0) is 0 Å². The van der Waals surface area contributed by atoms with E-state index in [1.54, 1.807) is 25.1 Å². The minimum absolute atomic E-state index is 0.155. The first-order valence-corrected chi connectivity index (χ1v) is 11.0. The number of hydrogen-bond donors (Lipinski definition) is 3. The number of anilines is 1. The molecule has 1 amide bonds. The van der Waals surface area contributed by atoms with Crippen LogP contribution >= 0.6 is 0 Å². The number of nitrogens with zero attached hydrogens (tertiary/aromatic N) is 3. The van der Waals surface area contributed by atoms with Gasteiger partial charge < -0.3 is 29.7 Å². The lowest BCUT2D eigenvalue weighted by Crippen LogP contribution is -2.40.